The molecule has 0 radical (unpaired) electrons. The second kappa shape index (κ2) is 5.64. The van der Waals surface area contributed by atoms with Crippen LogP contribution in [0.3, 0.4) is 0 Å². The van der Waals surface area contributed by atoms with Crippen molar-refractivity contribution in [3.63, 3.8) is 0 Å². The molecule has 2 saturated carbocycles. The molecule has 0 amide bonds. The maximum atomic E-state index is 5.11. The molecule has 2 fully saturated rings. The van der Waals surface area contributed by atoms with Crippen LogP contribution in [-0.4, -0.2) is 26.8 Å². The van der Waals surface area contributed by atoms with Crippen LogP contribution in [0, 0.1) is 11.3 Å². The minimum atomic E-state index is 0.592. The lowest BCUT2D eigenvalue weighted by molar-refractivity contribution is 0.0920. The van der Waals surface area contributed by atoms with E-state index in [4.69, 9.17) is 4.74 Å². The topological polar surface area (TPSA) is 21.3 Å². The third-order valence-electron chi connectivity index (χ3n) is 5.11. The highest BCUT2D eigenvalue weighted by Crippen LogP contribution is 2.63. The molecule has 0 saturated heterocycles. The second-order valence-corrected chi connectivity index (χ2v) is 6.24. The molecule has 0 aromatic heterocycles. The van der Waals surface area contributed by atoms with Crippen molar-refractivity contribution in [1.82, 2.24) is 5.32 Å². The van der Waals surface area contributed by atoms with E-state index in [0.717, 1.165) is 25.0 Å². The molecule has 2 unspecified atom stereocenters. The minimum absolute atomic E-state index is 0.592. The molecule has 0 aliphatic heterocycles. The van der Waals surface area contributed by atoms with Gasteiger partial charge in [-0.3, -0.25) is 0 Å². The van der Waals surface area contributed by atoms with Gasteiger partial charge in [0.1, 0.15) is 0 Å². The van der Waals surface area contributed by atoms with Gasteiger partial charge >= 0.3 is 0 Å². The normalized spacial score (nSPS) is 27.8. The highest BCUT2D eigenvalue weighted by molar-refractivity contribution is 5.28. The second-order valence-electron chi connectivity index (χ2n) is 6.24. The van der Waals surface area contributed by atoms with Crippen LogP contribution in [0.25, 0.3) is 0 Å². The minimum Gasteiger partial charge on any atom is -0.383 e. The predicted molar refractivity (Wildman–Crippen MR) is 78.3 cm³/mol. The summed E-state index contributed by atoms with van der Waals surface area (Å²) in [6.07, 6.45) is 5.65. The van der Waals surface area contributed by atoms with E-state index in [-0.39, 0.29) is 0 Å². The fourth-order valence-corrected chi connectivity index (χ4v) is 3.76. The van der Waals surface area contributed by atoms with Gasteiger partial charge in [-0.05, 0) is 42.1 Å². The van der Waals surface area contributed by atoms with Gasteiger partial charge < -0.3 is 10.1 Å². The summed E-state index contributed by atoms with van der Waals surface area (Å²) >= 11 is 0. The van der Waals surface area contributed by atoms with Crippen LogP contribution in [0.4, 0.5) is 0 Å². The summed E-state index contributed by atoms with van der Waals surface area (Å²) in [5, 5.41) is 3.60. The first kappa shape index (κ1) is 13.1. The van der Waals surface area contributed by atoms with Gasteiger partial charge in [0.15, 0.2) is 0 Å². The third kappa shape index (κ3) is 2.70. The van der Waals surface area contributed by atoms with Crippen molar-refractivity contribution in [2.24, 2.45) is 11.3 Å². The van der Waals surface area contributed by atoms with Crippen molar-refractivity contribution in [3.8, 4) is 0 Å². The van der Waals surface area contributed by atoms with Gasteiger partial charge in [-0.15, -0.1) is 0 Å². The number of hydrogen-bond acceptors (Lipinski definition) is 2. The van der Waals surface area contributed by atoms with E-state index < -0.39 is 0 Å². The van der Waals surface area contributed by atoms with E-state index in [2.05, 4.69) is 35.6 Å². The Kier molecular flexibility index (Phi) is 3.90. The maximum absolute atomic E-state index is 5.11. The van der Waals surface area contributed by atoms with Crippen molar-refractivity contribution in [3.05, 3.63) is 35.9 Å². The van der Waals surface area contributed by atoms with Crippen LogP contribution in [-0.2, 0) is 4.74 Å². The molecule has 1 aromatic carbocycles. The van der Waals surface area contributed by atoms with Crippen LogP contribution in [0.15, 0.2) is 30.3 Å². The molecule has 2 atom stereocenters. The molecular formula is C17H25NO. The first-order valence-corrected chi connectivity index (χ1v) is 7.60. The Balaban J connectivity index is 1.56. The summed E-state index contributed by atoms with van der Waals surface area (Å²) in [6, 6.07) is 11.1. The zero-order chi connectivity index (χ0) is 13.1. The molecule has 1 aromatic rings. The van der Waals surface area contributed by atoms with Gasteiger partial charge in [0, 0.05) is 20.2 Å². The first-order chi connectivity index (χ1) is 9.36. The zero-order valence-electron chi connectivity index (χ0n) is 11.9. The number of benzene rings is 1. The Morgan fingerprint density at radius 1 is 1.26 bits per heavy atom. The average molecular weight is 259 g/mol. The molecule has 2 aliphatic carbocycles. The molecule has 0 bridgehead atoms. The van der Waals surface area contributed by atoms with E-state index in [1.807, 2.05) is 0 Å². The summed E-state index contributed by atoms with van der Waals surface area (Å²) < 4.78 is 5.11. The van der Waals surface area contributed by atoms with Crippen LogP contribution >= 0.6 is 0 Å². The van der Waals surface area contributed by atoms with Crippen LogP contribution < -0.4 is 5.32 Å². The molecule has 104 valence electrons. The van der Waals surface area contributed by atoms with Crippen molar-refractivity contribution in [1.29, 1.82) is 0 Å². The van der Waals surface area contributed by atoms with E-state index in [1.54, 1.807) is 12.7 Å². The average Bonchev–Trinajstić information content (AvgIpc) is 3.19. The summed E-state index contributed by atoms with van der Waals surface area (Å²) in [7, 11) is 1.77. The van der Waals surface area contributed by atoms with Gasteiger partial charge in [-0.25, -0.2) is 0 Å². The molecule has 0 heterocycles. The van der Waals surface area contributed by atoms with Gasteiger partial charge in [0.25, 0.3) is 0 Å². The zero-order valence-corrected chi connectivity index (χ0v) is 11.9. The highest BCUT2D eigenvalue weighted by Gasteiger charge is 2.55. The summed E-state index contributed by atoms with van der Waals surface area (Å²) in [5.41, 5.74) is 2.14. The molecule has 2 nitrogen and oxygen atoms in total. The third-order valence-corrected chi connectivity index (χ3v) is 5.11. The first-order valence-electron chi connectivity index (χ1n) is 7.60. The largest absolute Gasteiger partial charge is 0.383 e. The molecular weight excluding hydrogens is 234 g/mol. The molecule has 0 spiro atoms. The standard InChI is InChI=1S/C17H25NO/c1-19-11-10-18-13-17(8-5-9-17)16-12-15(16)14-6-3-2-4-7-14/h2-4,6-7,15-16,18H,5,8-13H2,1H3. The quantitative estimate of drug-likeness (QED) is 0.759. The van der Waals surface area contributed by atoms with Gasteiger partial charge in [-0.1, -0.05) is 36.8 Å². The number of ether oxygens (including phenoxy) is 1. The summed E-state index contributed by atoms with van der Waals surface area (Å²) in [5.74, 6) is 1.74. The Bertz CT molecular complexity index is 399. The van der Waals surface area contributed by atoms with Crippen LogP contribution in [0.2, 0.25) is 0 Å². The number of methoxy groups -OCH3 is 1. The predicted octanol–water partition coefficient (Wildman–Crippen LogP) is 3.20. The van der Waals surface area contributed by atoms with Crippen molar-refractivity contribution < 1.29 is 4.74 Å². The monoisotopic (exact) mass is 259 g/mol. The Morgan fingerprint density at radius 2 is 2.05 bits per heavy atom. The number of nitrogens with one attached hydrogen (secondary N) is 1. The smallest absolute Gasteiger partial charge is 0.0587 e. The van der Waals surface area contributed by atoms with E-state index in [9.17, 15) is 0 Å². The van der Waals surface area contributed by atoms with Gasteiger partial charge in [0.05, 0.1) is 6.61 Å². The number of rotatable bonds is 7. The fraction of sp³-hybridized carbons (Fsp3) is 0.647. The summed E-state index contributed by atoms with van der Waals surface area (Å²) in [4.78, 5) is 0. The SMILES string of the molecule is COCCNCC1(C2CC2c2ccccc2)CCC1. The lowest BCUT2D eigenvalue weighted by Crippen LogP contribution is -2.43. The Labute approximate surface area is 116 Å². The van der Waals surface area contributed by atoms with Gasteiger partial charge in [0.2, 0.25) is 0 Å². The highest BCUT2D eigenvalue weighted by atomic mass is 16.5. The van der Waals surface area contributed by atoms with Crippen molar-refractivity contribution in [2.45, 2.75) is 31.6 Å². The fourth-order valence-electron chi connectivity index (χ4n) is 3.76. The van der Waals surface area contributed by atoms with E-state index >= 15 is 0 Å². The Hall–Kier alpha value is -0.860. The van der Waals surface area contributed by atoms with Crippen LogP contribution in [0.5, 0.6) is 0 Å². The molecule has 1 N–H and O–H groups in total. The molecule has 2 heteroatoms. The molecule has 2 aliphatic rings. The Morgan fingerprint density at radius 3 is 2.68 bits per heavy atom. The van der Waals surface area contributed by atoms with Crippen molar-refractivity contribution in [2.75, 3.05) is 26.8 Å². The van der Waals surface area contributed by atoms with Gasteiger partial charge in [-0.2, -0.15) is 0 Å². The maximum Gasteiger partial charge on any atom is 0.0587 e. The van der Waals surface area contributed by atoms with E-state index in [0.29, 0.717) is 5.41 Å². The molecule has 3 rings (SSSR count). The van der Waals surface area contributed by atoms with E-state index in [1.165, 1.54) is 32.2 Å². The molecule has 19 heavy (non-hydrogen) atoms. The van der Waals surface area contributed by atoms with Crippen LogP contribution in [0.1, 0.15) is 37.2 Å². The lowest BCUT2D eigenvalue weighted by Gasteiger charge is -2.43. The van der Waals surface area contributed by atoms with Crippen molar-refractivity contribution >= 4 is 0 Å². The number of hydrogen-bond donors (Lipinski definition) is 1. The lowest BCUT2D eigenvalue weighted by atomic mass is 9.64. The summed E-state index contributed by atoms with van der Waals surface area (Å²) in [6.45, 7) is 2.99.